The topological polar surface area (TPSA) is 58.2 Å². The Kier molecular flexibility index (Phi) is 3.50. The Morgan fingerprint density at radius 2 is 1.94 bits per heavy atom. The highest BCUT2D eigenvalue weighted by molar-refractivity contribution is 6.04. The Morgan fingerprint density at radius 1 is 1.29 bits per heavy atom. The van der Waals surface area contributed by atoms with Gasteiger partial charge in [0.25, 0.3) is 5.91 Å². The summed E-state index contributed by atoms with van der Waals surface area (Å²) in [5.74, 6) is 0.866. The van der Waals surface area contributed by atoms with Gasteiger partial charge in [0.1, 0.15) is 6.04 Å². The predicted molar refractivity (Wildman–Crippen MR) is 65.3 cm³/mol. The van der Waals surface area contributed by atoms with E-state index in [1.54, 1.807) is 0 Å². The molecular weight excluding hydrogens is 216 g/mol. The summed E-state index contributed by atoms with van der Waals surface area (Å²) in [5.41, 5.74) is 1.24. The van der Waals surface area contributed by atoms with Crippen LogP contribution >= 0.6 is 0 Å². The van der Waals surface area contributed by atoms with Crippen LogP contribution < -0.4 is 10.6 Å². The molecule has 1 heterocycles. The van der Waals surface area contributed by atoms with Crippen molar-refractivity contribution in [1.82, 2.24) is 10.6 Å². The lowest BCUT2D eigenvalue weighted by atomic mass is 9.76. The van der Waals surface area contributed by atoms with Crippen LogP contribution in [-0.4, -0.2) is 18.0 Å². The summed E-state index contributed by atoms with van der Waals surface area (Å²) < 4.78 is 0. The van der Waals surface area contributed by atoms with Gasteiger partial charge < -0.3 is 5.32 Å². The van der Waals surface area contributed by atoms with E-state index in [0.717, 1.165) is 32.1 Å². The van der Waals surface area contributed by atoms with Gasteiger partial charge in [-0.1, -0.05) is 5.57 Å². The fourth-order valence-electron chi connectivity index (χ4n) is 2.98. The fourth-order valence-corrected chi connectivity index (χ4v) is 2.98. The summed E-state index contributed by atoms with van der Waals surface area (Å²) in [6, 6.07) is -0.641. The molecule has 4 nitrogen and oxygen atoms in total. The summed E-state index contributed by atoms with van der Waals surface area (Å²) in [5, 5.41) is 5.02. The highest BCUT2D eigenvalue weighted by atomic mass is 16.2. The Bertz CT molecular complexity index is 343. The molecule has 2 fully saturated rings. The molecule has 0 radical (unpaired) electrons. The van der Waals surface area contributed by atoms with Crippen molar-refractivity contribution in [3.8, 4) is 0 Å². The van der Waals surface area contributed by atoms with E-state index in [4.69, 9.17) is 0 Å². The lowest BCUT2D eigenvalue weighted by Crippen LogP contribution is -2.38. The average molecular weight is 236 g/mol. The quantitative estimate of drug-likeness (QED) is 0.581. The number of allylic oxidation sites excluding steroid dienone is 1. The highest BCUT2D eigenvalue weighted by Crippen LogP contribution is 2.34. The zero-order valence-corrected chi connectivity index (χ0v) is 10.3. The minimum atomic E-state index is -0.343. The van der Waals surface area contributed by atoms with Crippen molar-refractivity contribution in [3.63, 3.8) is 0 Å². The van der Waals surface area contributed by atoms with Crippen molar-refractivity contribution in [2.45, 2.75) is 45.1 Å². The molecule has 0 aromatic heterocycles. The van der Waals surface area contributed by atoms with Crippen molar-refractivity contribution in [1.29, 1.82) is 0 Å². The van der Waals surface area contributed by atoms with Crippen molar-refractivity contribution in [3.05, 3.63) is 12.2 Å². The number of amides is 3. The maximum atomic E-state index is 11.5. The lowest BCUT2D eigenvalue weighted by molar-refractivity contribution is -0.121. The van der Waals surface area contributed by atoms with E-state index in [1.807, 2.05) is 0 Å². The number of rotatable bonds is 3. The molecule has 2 rings (SSSR count). The van der Waals surface area contributed by atoms with Crippen LogP contribution in [0.15, 0.2) is 12.2 Å². The number of carbonyl (C=O) groups excluding carboxylic acids is 2. The predicted octanol–water partition coefficient (Wildman–Crippen LogP) is 1.97. The zero-order chi connectivity index (χ0) is 12.4. The number of urea groups is 1. The number of hydrogen-bond acceptors (Lipinski definition) is 2. The monoisotopic (exact) mass is 236 g/mol. The van der Waals surface area contributed by atoms with E-state index >= 15 is 0 Å². The second kappa shape index (κ2) is 4.90. The summed E-state index contributed by atoms with van der Waals surface area (Å²) >= 11 is 0. The van der Waals surface area contributed by atoms with Gasteiger partial charge >= 0.3 is 6.03 Å². The normalized spacial score (nSPS) is 33.1. The number of hydrogen-bond donors (Lipinski definition) is 2. The van der Waals surface area contributed by atoms with Crippen LogP contribution in [0.4, 0.5) is 4.79 Å². The van der Waals surface area contributed by atoms with Crippen molar-refractivity contribution in [2.24, 2.45) is 11.8 Å². The van der Waals surface area contributed by atoms with Gasteiger partial charge in [0.2, 0.25) is 0 Å². The molecular formula is C13H20N2O2. The van der Waals surface area contributed by atoms with Crippen molar-refractivity contribution >= 4 is 11.9 Å². The molecule has 1 unspecified atom stereocenters. The molecule has 4 heteroatoms. The van der Waals surface area contributed by atoms with Crippen LogP contribution in [0.5, 0.6) is 0 Å². The van der Waals surface area contributed by atoms with Crippen LogP contribution in [0, 0.1) is 11.8 Å². The standard InChI is InChI=1S/C13H20N2O2/c1-8(2)7-9-3-5-10(6-4-9)11-12(16)15-13(17)14-11/h9-11H,1,3-7H2,2H3,(H2,14,15,16,17). The van der Waals surface area contributed by atoms with Crippen molar-refractivity contribution < 1.29 is 9.59 Å². The largest absolute Gasteiger partial charge is 0.326 e. The number of nitrogens with one attached hydrogen (secondary N) is 2. The summed E-state index contributed by atoms with van der Waals surface area (Å²) in [7, 11) is 0. The zero-order valence-electron chi connectivity index (χ0n) is 10.3. The molecule has 0 aromatic carbocycles. The summed E-state index contributed by atoms with van der Waals surface area (Å²) in [6.07, 6.45) is 5.41. The molecule has 1 aliphatic carbocycles. The smallest absolute Gasteiger partial charge is 0.322 e. The average Bonchev–Trinajstić information content (AvgIpc) is 2.58. The van der Waals surface area contributed by atoms with E-state index < -0.39 is 0 Å². The molecule has 1 atom stereocenters. The molecule has 2 aliphatic rings. The molecule has 1 aliphatic heterocycles. The van der Waals surface area contributed by atoms with Crippen molar-refractivity contribution in [2.75, 3.05) is 0 Å². The maximum Gasteiger partial charge on any atom is 0.322 e. The summed E-state index contributed by atoms with van der Waals surface area (Å²) in [6.45, 7) is 6.01. The second-order valence-corrected chi connectivity index (χ2v) is 5.38. The van der Waals surface area contributed by atoms with Crippen LogP contribution in [-0.2, 0) is 4.79 Å². The maximum absolute atomic E-state index is 11.5. The molecule has 0 spiro atoms. The number of imide groups is 1. The van der Waals surface area contributed by atoms with Gasteiger partial charge in [-0.2, -0.15) is 0 Å². The van der Waals surface area contributed by atoms with Crippen LogP contribution in [0.1, 0.15) is 39.0 Å². The Hall–Kier alpha value is -1.32. The second-order valence-electron chi connectivity index (χ2n) is 5.38. The molecule has 0 bridgehead atoms. The van der Waals surface area contributed by atoms with Gasteiger partial charge in [0.05, 0.1) is 0 Å². The summed E-state index contributed by atoms with van der Waals surface area (Å²) in [4.78, 5) is 22.6. The minimum absolute atomic E-state index is 0.154. The van der Waals surface area contributed by atoms with Crippen LogP contribution in [0.3, 0.4) is 0 Å². The van der Waals surface area contributed by atoms with Gasteiger partial charge in [-0.3, -0.25) is 10.1 Å². The molecule has 3 amide bonds. The third-order valence-electron chi connectivity index (χ3n) is 3.81. The van der Waals surface area contributed by atoms with E-state index in [-0.39, 0.29) is 18.0 Å². The third kappa shape index (κ3) is 2.87. The molecule has 2 N–H and O–H groups in total. The Balaban J connectivity index is 1.85. The SMILES string of the molecule is C=C(C)CC1CCC(C2NC(=O)NC2=O)CC1. The molecule has 94 valence electrons. The van der Waals surface area contributed by atoms with Gasteiger partial charge in [-0.15, -0.1) is 6.58 Å². The first-order valence-corrected chi connectivity index (χ1v) is 6.32. The minimum Gasteiger partial charge on any atom is -0.326 e. The van der Waals surface area contributed by atoms with E-state index in [0.29, 0.717) is 11.8 Å². The molecule has 1 saturated heterocycles. The Labute approximate surface area is 102 Å². The van der Waals surface area contributed by atoms with Gasteiger partial charge in [-0.25, -0.2) is 4.79 Å². The van der Waals surface area contributed by atoms with Gasteiger partial charge in [-0.05, 0) is 50.9 Å². The first-order valence-electron chi connectivity index (χ1n) is 6.32. The first-order chi connectivity index (χ1) is 8.06. The van der Waals surface area contributed by atoms with E-state index in [2.05, 4.69) is 24.1 Å². The highest BCUT2D eigenvalue weighted by Gasteiger charge is 2.37. The first kappa shape index (κ1) is 12.1. The van der Waals surface area contributed by atoms with Gasteiger partial charge in [0.15, 0.2) is 0 Å². The number of carbonyl (C=O) groups is 2. The van der Waals surface area contributed by atoms with Crippen LogP contribution in [0.25, 0.3) is 0 Å². The van der Waals surface area contributed by atoms with E-state index in [9.17, 15) is 9.59 Å². The lowest BCUT2D eigenvalue weighted by Gasteiger charge is -2.30. The van der Waals surface area contributed by atoms with Gasteiger partial charge in [0, 0.05) is 0 Å². The third-order valence-corrected chi connectivity index (χ3v) is 3.81. The molecule has 1 saturated carbocycles. The molecule has 17 heavy (non-hydrogen) atoms. The van der Waals surface area contributed by atoms with Crippen LogP contribution in [0.2, 0.25) is 0 Å². The molecule has 0 aromatic rings. The Morgan fingerprint density at radius 3 is 2.41 bits per heavy atom. The van der Waals surface area contributed by atoms with E-state index in [1.165, 1.54) is 5.57 Å². The fraction of sp³-hybridized carbons (Fsp3) is 0.692.